The minimum atomic E-state index is 0.0392. The Morgan fingerprint density at radius 3 is 2.91 bits per heavy atom. The molecule has 0 saturated carbocycles. The number of carbonyl (C=O) groups is 1. The third-order valence-electron chi connectivity index (χ3n) is 4.12. The second kappa shape index (κ2) is 7.17. The van der Waals surface area contributed by atoms with E-state index in [9.17, 15) is 4.79 Å². The fraction of sp³-hybridized carbons (Fsp3) is 0.412. The van der Waals surface area contributed by atoms with Gasteiger partial charge < -0.3 is 10.2 Å². The highest BCUT2D eigenvalue weighted by Gasteiger charge is 2.28. The summed E-state index contributed by atoms with van der Waals surface area (Å²) in [5.74, 6) is 0.796. The summed E-state index contributed by atoms with van der Waals surface area (Å²) in [7, 11) is 1.66. The number of pyridine rings is 1. The number of amides is 1. The standard InChI is InChI=1S/C17H21N5O/c1-18-16(23)9-8-13-5-2-6-14(21-13)15-7-3-12-22(15)17-19-10-4-11-20-17/h2,4-6,10-11,15H,3,7-9,12H2,1H3,(H,18,23)/t15-/m1/s1. The number of anilines is 1. The zero-order chi connectivity index (χ0) is 16.1. The van der Waals surface area contributed by atoms with Crippen molar-refractivity contribution in [3.05, 3.63) is 48.0 Å². The molecule has 0 bridgehead atoms. The zero-order valence-electron chi connectivity index (χ0n) is 13.3. The molecule has 3 heterocycles. The van der Waals surface area contributed by atoms with Crippen LogP contribution in [0.4, 0.5) is 5.95 Å². The molecule has 0 aromatic carbocycles. The van der Waals surface area contributed by atoms with E-state index in [2.05, 4.69) is 26.3 Å². The van der Waals surface area contributed by atoms with Crippen molar-refractivity contribution in [2.75, 3.05) is 18.5 Å². The summed E-state index contributed by atoms with van der Waals surface area (Å²) >= 11 is 0. The maximum absolute atomic E-state index is 11.4. The number of nitrogens with zero attached hydrogens (tertiary/aromatic N) is 4. The number of hydrogen-bond donors (Lipinski definition) is 1. The first-order valence-electron chi connectivity index (χ1n) is 7.98. The van der Waals surface area contributed by atoms with E-state index < -0.39 is 0 Å². The Labute approximate surface area is 136 Å². The van der Waals surface area contributed by atoms with Gasteiger partial charge in [0.2, 0.25) is 11.9 Å². The fourth-order valence-corrected chi connectivity index (χ4v) is 2.94. The van der Waals surface area contributed by atoms with Crippen LogP contribution in [0.3, 0.4) is 0 Å². The van der Waals surface area contributed by atoms with Crippen LogP contribution in [0.5, 0.6) is 0 Å². The van der Waals surface area contributed by atoms with Gasteiger partial charge in [0.25, 0.3) is 0 Å². The summed E-state index contributed by atoms with van der Waals surface area (Å²) in [4.78, 5) is 27.1. The molecule has 1 fully saturated rings. The van der Waals surface area contributed by atoms with Gasteiger partial charge in [0, 0.05) is 38.1 Å². The topological polar surface area (TPSA) is 71.0 Å². The molecule has 1 saturated heterocycles. The number of carbonyl (C=O) groups excluding carboxylic acids is 1. The first kappa shape index (κ1) is 15.4. The highest BCUT2D eigenvalue weighted by Crippen LogP contribution is 2.33. The van der Waals surface area contributed by atoms with Crippen molar-refractivity contribution in [1.29, 1.82) is 0 Å². The summed E-state index contributed by atoms with van der Waals surface area (Å²) in [5, 5.41) is 2.64. The van der Waals surface area contributed by atoms with Gasteiger partial charge in [-0.25, -0.2) is 9.97 Å². The lowest BCUT2D eigenvalue weighted by molar-refractivity contribution is -0.120. The molecular formula is C17H21N5O. The second-order valence-electron chi connectivity index (χ2n) is 5.63. The van der Waals surface area contributed by atoms with Crippen LogP contribution in [0, 0.1) is 0 Å². The van der Waals surface area contributed by atoms with Gasteiger partial charge in [-0.05, 0) is 37.5 Å². The van der Waals surface area contributed by atoms with E-state index in [0.29, 0.717) is 12.8 Å². The van der Waals surface area contributed by atoms with Crippen molar-refractivity contribution in [2.45, 2.75) is 31.7 Å². The lowest BCUT2D eigenvalue weighted by atomic mass is 10.1. The van der Waals surface area contributed by atoms with E-state index in [1.807, 2.05) is 18.2 Å². The molecule has 120 valence electrons. The molecular weight excluding hydrogens is 290 g/mol. The molecule has 0 aliphatic carbocycles. The van der Waals surface area contributed by atoms with E-state index >= 15 is 0 Å². The first-order chi connectivity index (χ1) is 11.3. The van der Waals surface area contributed by atoms with Gasteiger partial charge >= 0.3 is 0 Å². The molecule has 0 unspecified atom stereocenters. The quantitative estimate of drug-likeness (QED) is 0.913. The van der Waals surface area contributed by atoms with E-state index in [-0.39, 0.29) is 11.9 Å². The molecule has 1 aliphatic heterocycles. The highest BCUT2D eigenvalue weighted by molar-refractivity contribution is 5.75. The normalized spacial score (nSPS) is 17.3. The summed E-state index contributed by atoms with van der Waals surface area (Å²) in [6.45, 7) is 0.943. The maximum atomic E-state index is 11.4. The van der Waals surface area contributed by atoms with Crippen LogP contribution in [-0.4, -0.2) is 34.5 Å². The Morgan fingerprint density at radius 1 is 1.30 bits per heavy atom. The predicted octanol–water partition coefficient (Wildman–Crippen LogP) is 1.89. The average molecular weight is 311 g/mol. The van der Waals surface area contributed by atoms with Crippen molar-refractivity contribution < 1.29 is 4.79 Å². The molecule has 23 heavy (non-hydrogen) atoms. The van der Waals surface area contributed by atoms with Crippen molar-refractivity contribution in [3.63, 3.8) is 0 Å². The van der Waals surface area contributed by atoms with Crippen LogP contribution >= 0.6 is 0 Å². The van der Waals surface area contributed by atoms with Crippen LogP contribution in [0.1, 0.15) is 36.7 Å². The van der Waals surface area contributed by atoms with Crippen molar-refractivity contribution >= 4 is 11.9 Å². The number of aryl methyl sites for hydroxylation is 1. The number of hydrogen-bond acceptors (Lipinski definition) is 5. The Morgan fingerprint density at radius 2 is 2.13 bits per heavy atom. The summed E-state index contributed by atoms with van der Waals surface area (Å²) in [6.07, 6.45) is 6.80. The summed E-state index contributed by atoms with van der Waals surface area (Å²) in [6, 6.07) is 8.08. The summed E-state index contributed by atoms with van der Waals surface area (Å²) < 4.78 is 0. The van der Waals surface area contributed by atoms with Crippen LogP contribution in [0.25, 0.3) is 0 Å². The van der Waals surface area contributed by atoms with Crippen molar-refractivity contribution in [3.8, 4) is 0 Å². The molecule has 2 aromatic rings. The Balaban J connectivity index is 1.76. The van der Waals surface area contributed by atoms with Crippen LogP contribution in [0.15, 0.2) is 36.7 Å². The third kappa shape index (κ3) is 3.64. The number of nitrogens with one attached hydrogen (secondary N) is 1. The molecule has 1 N–H and O–H groups in total. The smallest absolute Gasteiger partial charge is 0.225 e. The minimum absolute atomic E-state index is 0.0392. The van der Waals surface area contributed by atoms with Gasteiger partial charge in [-0.1, -0.05) is 6.07 Å². The largest absolute Gasteiger partial charge is 0.359 e. The fourth-order valence-electron chi connectivity index (χ4n) is 2.94. The highest BCUT2D eigenvalue weighted by atomic mass is 16.1. The SMILES string of the molecule is CNC(=O)CCc1cccc([C@H]2CCCN2c2ncccn2)n1. The lowest BCUT2D eigenvalue weighted by Crippen LogP contribution is -2.25. The van der Waals surface area contributed by atoms with Gasteiger partial charge in [-0.2, -0.15) is 0 Å². The third-order valence-corrected chi connectivity index (χ3v) is 4.12. The van der Waals surface area contributed by atoms with Gasteiger partial charge in [0.15, 0.2) is 0 Å². The lowest BCUT2D eigenvalue weighted by Gasteiger charge is -2.24. The van der Waals surface area contributed by atoms with E-state index in [0.717, 1.165) is 36.7 Å². The average Bonchev–Trinajstić information content (AvgIpc) is 3.10. The molecule has 0 radical (unpaired) electrons. The predicted molar refractivity (Wildman–Crippen MR) is 88.0 cm³/mol. The van der Waals surface area contributed by atoms with Gasteiger partial charge in [0.05, 0.1) is 11.7 Å². The Bertz CT molecular complexity index is 661. The van der Waals surface area contributed by atoms with Gasteiger partial charge in [-0.3, -0.25) is 9.78 Å². The molecule has 6 heteroatoms. The molecule has 1 aliphatic rings. The zero-order valence-corrected chi connectivity index (χ0v) is 13.3. The molecule has 1 atom stereocenters. The second-order valence-corrected chi connectivity index (χ2v) is 5.63. The van der Waals surface area contributed by atoms with Crippen LogP contribution < -0.4 is 10.2 Å². The van der Waals surface area contributed by atoms with Crippen LogP contribution in [-0.2, 0) is 11.2 Å². The maximum Gasteiger partial charge on any atom is 0.225 e. The van der Waals surface area contributed by atoms with E-state index in [1.54, 1.807) is 19.4 Å². The molecule has 1 amide bonds. The Hall–Kier alpha value is -2.50. The molecule has 3 rings (SSSR count). The van der Waals surface area contributed by atoms with Crippen molar-refractivity contribution in [2.24, 2.45) is 0 Å². The molecule has 0 spiro atoms. The molecule has 6 nitrogen and oxygen atoms in total. The van der Waals surface area contributed by atoms with Crippen molar-refractivity contribution in [1.82, 2.24) is 20.3 Å². The van der Waals surface area contributed by atoms with Gasteiger partial charge in [0.1, 0.15) is 0 Å². The van der Waals surface area contributed by atoms with Crippen LogP contribution in [0.2, 0.25) is 0 Å². The number of rotatable bonds is 5. The molecule has 2 aromatic heterocycles. The number of aromatic nitrogens is 3. The van der Waals surface area contributed by atoms with Gasteiger partial charge in [-0.15, -0.1) is 0 Å². The van der Waals surface area contributed by atoms with E-state index in [1.165, 1.54) is 0 Å². The first-order valence-corrected chi connectivity index (χ1v) is 7.98. The Kier molecular flexibility index (Phi) is 4.80. The summed E-state index contributed by atoms with van der Waals surface area (Å²) in [5.41, 5.74) is 1.98. The van der Waals surface area contributed by atoms with E-state index in [4.69, 9.17) is 4.98 Å². The minimum Gasteiger partial charge on any atom is -0.359 e. The monoisotopic (exact) mass is 311 g/mol.